The van der Waals surface area contributed by atoms with Gasteiger partial charge < -0.3 is 5.73 Å². The smallest absolute Gasteiger partial charge is 0.0400 e. The van der Waals surface area contributed by atoms with Gasteiger partial charge in [0.1, 0.15) is 0 Å². The van der Waals surface area contributed by atoms with Gasteiger partial charge in [-0.15, -0.1) is 0 Å². The number of nitrogens with two attached hydrogens (primary N) is 1. The Labute approximate surface area is 99.5 Å². The molecule has 4 rings (SSSR count). The van der Waals surface area contributed by atoms with Crippen molar-refractivity contribution in [3.8, 4) is 22.3 Å². The molecule has 1 aliphatic rings. The molecular formula is C16H11N. The van der Waals surface area contributed by atoms with Gasteiger partial charge in [-0.05, 0) is 33.5 Å². The number of hydrogen-bond donors (Lipinski definition) is 1. The predicted octanol–water partition coefficient (Wildman–Crippen LogP) is 4.07. The van der Waals surface area contributed by atoms with Gasteiger partial charge in [-0.1, -0.05) is 48.5 Å². The van der Waals surface area contributed by atoms with E-state index in [1.165, 1.54) is 33.0 Å². The Morgan fingerprint density at radius 3 is 2.29 bits per heavy atom. The van der Waals surface area contributed by atoms with Crippen LogP contribution < -0.4 is 5.73 Å². The first-order valence-electron chi connectivity index (χ1n) is 5.77. The lowest BCUT2D eigenvalue weighted by molar-refractivity contribution is 1.69. The van der Waals surface area contributed by atoms with E-state index in [9.17, 15) is 0 Å². The molecule has 3 aromatic carbocycles. The molecule has 1 aliphatic carbocycles. The van der Waals surface area contributed by atoms with Crippen molar-refractivity contribution < 1.29 is 0 Å². The minimum absolute atomic E-state index is 0.870. The molecule has 80 valence electrons. The highest BCUT2D eigenvalue weighted by molar-refractivity contribution is 6.18. The normalized spacial score (nSPS) is 11.8. The summed E-state index contributed by atoms with van der Waals surface area (Å²) in [6.07, 6.45) is 0. The van der Waals surface area contributed by atoms with Crippen molar-refractivity contribution in [2.24, 2.45) is 0 Å². The van der Waals surface area contributed by atoms with E-state index >= 15 is 0 Å². The Morgan fingerprint density at radius 2 is 1.41 bits per heavy atom. The lowest BCUT2D eigenvalue weighted by atomic mass is 10.0. The van der Waals surface area contributed by atoms with Crippen LogP contribution in [0.25, 0.3) is 33.0 Å². The monoisotopic (exact) mass is 217 g/mol. The van der Waals surface area contributed by atoms with E-state index in [1.807, 2.05) is 6.07 Å². The van der Waals surface area contributed by atoms with Gasteiger partial charge in [-0.25, -0.2) is 0 Å². The van der Waals surface area contributed by atoms with E-state index in [0.717, 1.165) is 5.69 Å². The van der Waals surface area contributed by atoms with Crippen LogP contribution in [0.5, 0.6) is 0 Å². The average Bonchev–Trinajstić information content (AvgIpc) is 2.71. The molecular weight excluding hydrogens is 206 g/mol. The second kappa shape index (κ2) is 2.89. The maximum atomic E-state index is 6.15. The van der Waals surface area contributed by atoms with E-state index in [2.05, 4.69) is 48.5 Å². The average molecular weight is 217 g/mol. The number of benzene rings is 3. The number of fused-ring (bicyclic) bond motifs is 3. The van der Waals surface area contributed by atoms with Crippen LogP contribution in [0, 0.1) is 0 Å². The van der Waals surface area contributed by atoms with Gasteiger partial charge in [0.2, 0.25) is 0 Å². The quantitative estimate of drug-likeness (QED) is 0.441. The fraction of sp³-hybridized carbons (Fsp3) is 0. The van der Waals surface area contributed by atoms with Crippen molar-refractivity contribution in [3.05, 3.63) is 54.6 Å². The summed E-state index contributed by atoms with van der Waals surface area (Å²) in [5.41, 5.74) is 12.1. The van der Waals surface area contributed by atoms with E-state index in [4.69, 9.17) is 5.73 Å². The van der Waals surface area contributed by atoms with Crippen LogP contribution in [-0.4, -0.2) is 0 Å². The van der Waals surface area contributed by atoms with E-state index in [-0.39, 0.29) is 0 Å². The number of nitrogen functional groups attached to an aromatic ring is 1. The Balaban J connectivity index is 2.33. The molecule has 0 heterocycles. The van der Waals surface area contributed by atoms with Crippen molar-refractivity contribution in [1.82, 2.24) is 0 Å². The molecule has 0 fully saturated rings. The summed E-state index contributed by atoms with van der Waals surface area (Å²) in [6.45, 7) is 0. The Hall–Kier alpha value is -2.28. The van der Waals surface area contributed by atoms with E-state index < -0.39 is 0 Å². The van der Waals surface area contributed by atoms with Crippen LogP contribution in [0.15, 0.2) is 54.6 Å². The van der Waals surface area contributed by atoms with Crippen LogP contribution in [0.4, 0.5) is 5.69 Å². The second-order valence-electron chi connectivity index (χ2n) is 4.48. The lowest BCUT2D eigenvalue weighted by Crippen LogP contribution is -1.88. The molecule has 0 amide bonds. The highest BCUT2D eigenvalue weighted by Gasteiger charge is 2.22. The molecule has 17 heavy (non-hydrogen) atoms. The molecule has 0 saturated carbocycles. The largest absolute Gasteiger partial charge is 0.398 e. The summed E-state index contributed by atoms with van der Waals surface area (Å²) < 4.78 is 0. The van der Waals surface area contributed by atoms with Gasteiger partial charge in [0, 0.05) is 11.3 Å². The van der Waals surface area contributed by atoms with Crippen molar-refractivity contribution in [2.75, 3.05) is 5.73 Å². The van der Waals surface area contributed by atoms with Crippen LogP contribution in [0.3, 0.4) is 0 Å². The van der Waals surface area contributed by atoms with Crippen molar-refractivity contribution in [1.29, 1.82) is 0 Å². The van der Waals surface area contributed by atoms with Gasteiger partial charge in [-0.3, -0.25) is 0 Å². The predicted molar refractivity (Wildman–Crippen MR) is 72.8 cm³/mol. The first kappa shape index (κ1) is 8.82. The topological polar surface area (TPSA) is 26.0 Å². The highest BCUT2D eigenvalue weighted by atomic mass is 14.6. The van der Waals surface area contributed by atoms with Crippen LogP contribution in [0.1, 0.15) is 0 Å². The van der Waals surface area contributed by atoms with Gasteiger partial charge in [0.05, 0.1) is 0 Å². The molecule has 0 aromatic heterocycles. The molecule has 0 saturated heterocycles. The first-order chi connectivity index (χ1) is 8.36. The van der Waals surface area contributed by atoms with Gasteiger partial charge >= 0.3 is 0 Å². The molecule has 0 bridgehead atoms. The zero-order chi connectivity index (χ0) is 11.4. The number of rotatable bonds is 0. The second-order valence-corrected chi connectivity index (χ2v) is 4.48. The molecule has 1 heteroatoms. The zero-order valence-corrected chi connectivity index (χ0v) is 9.27. The third kappa shape index (κ3) is 0.986. The summed E-state index contributed by atoms with van der Waals surface area (Å²) in [6, 6.07) is 19.0. The summed E-state index contributed by atoms with van der Waals surface area (Å²) in [7, 11) is 0. The highest BCUT2D eigenvalue weighted by Crippen LogP contribution is 2.49. The zero-order valence-electron chi connectivity index (χ0n) is 9.27. The Kier molecular flexibility index (Phi) is 1.50. The number of anilines is 1. The lowest BCUT2D eigenvalue weighted by Gasteiger charge is -2.05. The molecule has 2 N–H and O–H groups in total. The third-order valence-electron chi connectivity index (χ3n) is 3.56. The van der Waals surface area contributed by atoms with Crippen molar-refractivity contribution >= 4 is 16.5 Å². The molecule has 0 spiro atoms. The molecule has 3 aromatic rings. The molecule has 0 radical (unpaired) electrons. The maximum Gasteiger partial charge on any atom is 0.0400 e. The van der Waals surface area contributed by atoms with E-state index in [1.54, 1.807) is 0 Å². The summed E-state index contributed by atoms with van der Waals surface area (Å²) in [5, 5.41) is 2.57. The SMILES string of the molecule is Nc1ccc2cccc3c2c1-c1ccccc1-3. The minimum atomic E-state index is 0.870. The van der Waals surface area contributed by atoms with Gasteiger partial charge in [-0.2, -0.15) is 0 Å². The van der Waals surface area contributed by atoms with Gasteiger partial charge in [0.15, 0.2) is 0 Å². The Morgan fingerprint density at radius 1 is 0.647 bits per heavy atom. The first-order valence-corrected chi connectivity index (χ1v) is 5.77. The summed E-state index contributed by atoms with van der Waals surface area (Å²) in [5.74, 6) is 0. The summed E-state index contributed by atoms with van der Waals surface area (Å²) >= 11 is 0. The Bertz CT molecular complexity index is 757. The number of hydrogen-bond acceptors (Lipinski definition) is 1. The van der Waals surface area contributed by atoms with Gasteiger partial charge in [0.25, 0.3) is 0 Å². The minimum Gasteiger partial charge on any atom is -0.398 e. The van der Waals surface area contributed by atoms with Crippen LogP contribution in [-0.2, 0) is 0 Å². The van der Waals surface area contributed by atoms with Crippen LogP contribution >= 0.6 is 0 Å². The third-order valence-corrected chi connectivity index (χ3v) is 3.56. The standard InChI is InChI=1S/C16H11N/c17-14-9-8-10-4-3-7-12-11-5-1-2-6-13(11)16(14)15(10)12/h1-9H,17H2. The molecule has 0 unspecified atom stereocenters. The van der Waals surface area contributed by atoms with Crippen molar-refractivity contribution in [2.45, 2.75) is 0 Å². The summed E-state index contributed by atoms with van der Waals surface area (Å²) in [4.78, 5) is 0. The molecule has 0 aliphatic heterocycles. The van der Waals surface area contributed by atoms with E-state index in [0.29, 0.717) is 0 Å². The van der Waals surface area contributed by atoms with Crippen molar-refractivity contribution in [3.63, 3.8) is 0 Å². The molecule has 0 atom stereocenters. The molecule has 1 nitrogen and oxygen atoms in total. The fourth-order valence-corrected chi connectivity index (χ4v) is 2.85. The van der Waals surface area contributed by atoms with Crippen LogP contribution in [0.2, 0.25) is 0 Å². The fourth-order valence-electron chi connectivity index (χ4n) is 2.85. The maximum absolute atomic E-state index is 6.15.